The van der Waals surface area contributed by atoms with Crippen LogP contribution in [0, 0.1) is 0 Å². The van der Waals surface area contributed by atoms with Gasteiger partial charge in [-0.2, -0.15) is 0 Å². The van der Waals surface area contributed by atoms with Gasteiger partial charge in [-0.3, -0.25) is 4.79 Å². The fraction of sp³-hybridized carbons (Fsp3) is 0.767. The minimum atomic E-state index is -2.02. The minimum Gasteiger partial charge on any atom is -0.490 e. The summed E-state index contributed by atoms with van der Waals surface area (Å²) in [6.45, 7) is 4.14. The smallest absolute Gasteiger partial charge is 0.329 e. The molecule has 0 amide bonds. The number of hydrogen-bond donors (Lipinski definition) is 1. The lowest BCUT2D eigenvalue weighted by Gasteiger charge is -2.23. The average molecular weight is 557 g/mol. The van der Waals surface area contributed by atoms with E-state index < -0.39 is 14.7 Å². The summed E-state index contributed by atoms with van der Waals surface area (Å²) in [4.78, 5) is 20.8. The molecule has 0 aromatic heterocycles. The first kappa shape index (κ1) is 34.8. The number of unbranched alkanes of at least 4 members (excludes halogenated alkanes) is 11. The largest absolute Gasteiger partial charge is 0.490 e. The summed E-state index contributed by atoms with van der Waals surface area (Å²) >= 11 is 0. The van der Waals surface area contributed by atoms with E-state index in [9.17, 15) is 9.69 Å². The van der Waals surface area contributed by atoms with E-state index in [0.29, 0.717) is 18.8 Å². The Kier molecular flexibility index (Phi) is 20.7. The fourth-order valence-electron chi connectivity index (χ4n) is 4.18. The van der Waals surface area contributed by atoms with Crippen molar-refractivity contribution in [3.8, 4) is 5.75 Å². The summed E-state index contributed by atoms with van der Waals surface area (Å²) < 4.78 is 22.3. The lowest BCUT2D eigenvalue weighted by atomic mass is 10.0. The summed E-state index contributed by atoms with van der Waals surface area (Å²) in [7, 11) is 4.30. The van der Waals surface area contributed by atoms with Gasteiger partial charge in [0.25, 0.3) is 6.47 Å². The molecule has 7 nitrogen and oxygen atoms in total. The molecule has 0 aliphatic carbocycles. The van der Waals surface area contributed by atoms with Crippen LogP contribution in [-0.4, -0.2) is 69.5 Å². The molecule has 0 saturated carbocycles. The number of benzene rings is 1. The molecular formula is C30H55NO6P+. The molecule has 0 saturated heterocycles. The first-order valence-corrected chi connectivity index (χ1v) is 15.8. The molecule has 0 aliphatic heterocycles. The highest BCUT2D eigenvalue weighted by Crippen LogP contribution is 2.33. The molecule has 0 radical (unpaired) electrons. The van der Waals surface area contributed by atoms with Crippen molar-refractivity contribution in [2.45, 2.75) is 103 Å². The van der Waals surface area contributed by atoms with Crippen molar-refractivity contribution in [3.63, 3.8) is 0 Å². The monoisotopic (exact) mass is 556 g/mol. The minimum absolute atomic E-state index is 0.00726. The van der Waals surface area contributed by atoms with Crippen LogP contribution in [0.25, 0.3) is 0 Å². The average Bonchev–Trinajstić information content (AvgIpc) is 2.89. The number of carbonyl (C=O) groups excluding carboxylic acids is 1. The second kappa shape index (κ2) is 22.6. The normalized spacial score (nSPS) is 13.3. The highest BCUT2D eigenvalue weighted by Gasteiger charge is 2.16. The van der Waals surface area contributed by atoms with E-state index in [1.54, 1.807) is 0 Å². The van der Waals surface area contributed by atoms with E-state index in [2.05, 4.69) is 40.2 Å². The van der Waals surface area contributed by atoms with Crippen LogP contribution in [0.15, 0.2) is 24.3 Å². The van der Waals surface area contributed by atoms with Gasteiger partial charge < -0.3 is 27.9 Å². The predicted molar refractivity (Wildman–Crippen MR) is 156 cm³/mol. The van der Waals surface area contributed by atoms with Gasteiger partial charge in [-0.05, 0) is 30.5 Å². The molecule has 8 heteroatoms. The van der Waals surface area contributed by atoms with E-state index >= 15 is 0 Å². The van der Waals surface area contributed by atoms with Crippen LogP contribution in [0.4, 0.5) is 0 Å². The van der Waals surface area contributed by atoms with Gasteiger partial charge in [-0.1, -0.05) is 89.7 Å². The van der Waals surface area contributed by atoms with Crippen molar-refractivity contribution < 1.29 is 32.7 Å². The molecule has 1 aromatic carbocycles. The second-order valence-corrected chi connectivity index (χ2v) is 12.2. The molecule has 0 heterocycles. The van der Waals surface area contributed by atoms with Gasteiger partial charge in [0.15, 0.2) is 6.10 Å². The van der Waals surface area contributed by atoms with Crippen molar-refractivity contribution in [2.24, 2.45) is 0 Å². The molecule has 0 fully saturated rings. The summed E-state index contributed by atoms with van der Waals surface area (Å²) in [5.41, 5.74) is 1.31. The van der Waals surface area contributed by atoms with Crippen LogP contribution in [0.3, 0.4) is 0 Å². The van der Waals surface area contributed by atoms with Crippen LogP contribution in [0.2, 0.25) is 0 Å². The third-order valence-corrected chi connectivity index (χ3v) is 7.25. The number of quaternary nitrogens is 1. The van der Waals surface area contributed by atoms with Crippen LogP contribution in [0.1, 0.15) is 96.0 Å². The molecule has 0 aliphatic rings. The van der Waals surface area contributed by atoms with Gasteiger partial charge in [0.05, 0.1) is 40.9 Å². The quantitative estimate of drug-likeness (QED) is 0.0563. The molecule has 1 aromatic rings. The number of aryl methyl sites for hydroxylation is 1. The topological polar surface area (TPSA) is 74.2 Å². The Morgan fingerprint density at radius 2 is 1.39 bits per heavy atom. The summed E-state index contributed by atoms with van der Waals surface area (Å²) in [5, 5.41) is 0. The molecule has 2 unspecified atom stereocenters. The molecule has 0 spiro atoms. The van der Waals surface area contributed by atoms with Crippen molar-refractivity contribution >= 4 is 15.1 Å². The van der Waals surface area contributed by atoms with Gasteiger partial charge in [-0.15, -0.1) is 0 Å². The van der Waals surface area contributed by atoms with Crippen LogP contribution in [-0.2, 0) is 25.0 Å². The van der Waals surface area contributed by atoms with Gasteiger partial charge in [0.2, 0.25) is 0 Å². The molecule has 0 bridgehead atoms. The molecule has 1 rings (SSSR count). The van der Waals surface area contributed by atoms with Crippen molar-refractivity contribution in [2.75, 3.05) is 47.5 Å². The first-order chi connectivity index (χ1) is 18.3. The van der Waals surface area contributed by atoms with Crippen LogP contribution in [0.5, 0.6) is 5.75 Å². The zero-order valence-corrected chi connectivity index (χ0v) is 25.5. The van der Waals surface area contributed by atoms with Crippen LogP contribution >= 0.6 is 8.60 Å². The van der Waals surface area contributed by atoms with Crippen molar-refractivity contribution in [3.05, 3.63) is 29.8 Å². The molecule has 2 atom stereocenters. The lowest BCUT2D eigenvalue weighted by molar-refractivity contribution is -0.870. The zero-order valence-electron chi connectivity index (χ0n) is 24.6. The Morgan fingerprint density at radius 1 is 0.816 bits per heavy atom. The van der Waals surface area contributed by atoms with Gasteiger partial charge in [0, 0.05) is 6.42 Å². The number of hydrogen-bond acceptors (Lipinski definition) is 6. The summed E-state index contributed by atoms with van der Waals surface area (Å²) in [6.07, 6.45) is 17.6. The first-order valence-electron chi connectivity index (χ1n) is 14.7. The molecule has 220 valence electrons. The van der Waals surface area contributed by atoms with E-state index in [-0.39, 0.29) is 13.2 Å². The van der Waals surface area contributed by atoms with Crippen molar-refractivity contribution in [1.29, 1.82) is 0 Å². The number of carbonyl (C=O) groups is 1. The SMILES string of the molecule is CCCCCCCCCCCCCCc1ccc(OCC(COP(O)OCCC[N+](C)(C)C)OC=O)cc1. The summed E-state index contributed by atoms with van der Waals surface area (Å²) in [5.74, 6) is 0.714. The van der Waals surface area contributed by atoms with Gasteiger partial charge in [0.1, 0.15) is 12.4 Å². The molecular weight excluding hydrogens is 501 g/mol. The van der Waals surface area contributed by atoms with Gasteiger partial charge >= 0.3 is 8.60 Å². The third kappa shape index (κ3) is 20.7. The maximum Gasteiger partial charge on any atom is 0.329 e. The second-order valence-electron chi connectivity index (χ2n) is 11.2. The Morgan fingerprint density at radius 3 is 1.95 bits per heavy atom. The lowest BCUT2D eigenvalue weighted by Crippen LogP contribution is -2.35. The predicted octanol–water partition coefficient (Wildman–Crippen LogP) is 7.20. The Bertz CT molecular complexity index is 682. The maximum atomic E-state index is 10.9. The Hall–Kier alpha value is -1.24. The van der Waals surface area contributed by atoms with Crippen molar-refractivity contribution in [1.82, 2.24) is 0 Å². The third-order valence-electron chi connectivity index (χ3n) is 6.47. The fourth-order valence-corrected chi connectivity index (χ4v) is 4.84. The van der Waals surface area contributed by atoms with E-state index in [0.717, 1.165) is 23.9 Å². The zero-order chi connectivity index (χ0) is 27.9. The van der Waals surface area contributed by atoms with Gasteiger partial charge in [-0.25, -0.2) is 0 Å². The molecule has 1 N–H and O–H groups in total. The van der Waals surface area contributed by atoms with E-state index in [4.69, 9.17) is 18.5 Å². The van der Waals surface area contributed by atoms with Crippen LogP contribution < -0.4 is 4.74 Å². The van der Waals surface area contributed by atoms with E-state index in [1.807, 2.05) is 12.1 Å². The number of rotatable bonds is 26. The standard InChI is InChI=1S/C30H55NO6P/c1-5-6-7-8-9-10-11-12-13-14-15-16-18-28-19-21-29(22-20-28)34-25-30(35-27-32)26-37-38(33)36-24-17-23-31(2,3)4/h19-22,27,30,33H,5-18,23-26H2,1-4H3/q+1. The Balaban J connectivity index is 2.14. The molecule has 38 heavy (non-hydrogen) atoms. The highest BCUT2D eigenvalue weighted by atomic mass is 31.2. The Labute approximate surface area is 233 Å². The number of ether oxygens (including phenoxy) is 2. The number of nitrogens with zero attached hydrogens (tertiary/aromatic N) is 1. The van der Waals surface area contributed by atoms with E-state index in [1.165, 1.54) is 82.6 Å². The maximum absolute atomic E-state index is 10.9. The summed E-state index contributed by atoms with van der Waals surface area (Å²) in [6, 6.07) is 8.09. The highest BCUT2D eigenvalue weighted by molar-refractivity contribution is 7.40.